The molecule has 1 aromatic carbocycles. The molecule has 0 amide bonds. The first-order chi connectivity index (χ1) is 8.99. The number of hydrogen-bond donors (Lipinski definition) is 2. The highest BCUT2D eigenvalue weighted by Gasteiger charge is 2.11. The zero-order valence-corrected chi connectivity index (χ0v) is 11.6. The van der Waals surface area contributed by atoms with Crippen molar-refractivity contribution in [3.05, 3.63) is 39.8 Å². The van der Waals surface area contributed by atoms with Gasteiger partial charge in [-0.2, -0.15) is 0 Å². The van der Waals surface area contributed by atoms with E-state index in [1.54, 1.807) is 23.5 Å². The van der Waals surface area contributed by atoms with E-state index in [1.165, 1.54) is 10.9 Å². The molecule has 2 aromatic rings. The summed E-state index contributed by atoms with van der Waals surface area (Å²) < 4.78 is 0. The summed E-state index contributed by atoms with van der Waals surface area (Å²) in [6.45, 7) is 2.67. The van der Waals surface area contributed by atoms with Crippen LogP contribution in [0.3, 0.4) is 0 Å². The molecule has 5 nitrogen and oxygen atoms in total. The van der Waals surface area contributed by atoms with Gasteiger partial charge in [0.15, 0.2) is 0 Å². The van der Waals surface area contributed by atoms with Crippen molar-refractivity contribution in [2.24, 2.45) is 0 Å². The van der Waals surface area contributed by atoms with Crippen LogP contribution < -0.4 is 10.6 Å². The molecule has 1 aromatic heterocycles. The van der Waals surface area contributed by atoms with Gasteiger partial charge in [0.05, 0.1) is 34.7 Å². The number of nitrogens with zero attached hydrogens (tertiary/aromatic N) is 2. The average Bonchev–Trinajstić information content (AvgIpc) is 2.74. The highest BCUT2D eigenvalue weighted by molar-refractivity contribution is 7.09. The number of aryl methyl sites for hydroxylation is 1. The molecule has 0 aliphatic rings. The molecule has 0 spiro atoms. The largest absolute Gasteiger partial charge is 0.478 e. The summed E-state index contributed by atoms with van der Waals surface area (Å²) in [6, 6.07) is 4.77. The van der Waals surface area contributed by atoms with E-state index in [9.17, 15) is 4.79 Å². The summed E-state index contributed by atoms with van der Waals surface area (Å²) in [6.07, 6.45) is 0. The lowest BCUT2D eigenvalue weighted by Gasteiger charge is -2.20. The molecule has 0 aliphatic heterocycles. The van der Waals surface area contributed by atoms with Crippen LogP contribution in [0.25, 0.3) is 0 Å². The third-order valence-electron chi connectivity index (χ3n) is 2.91. The Labute approximate surface area is 115 Å². The van der Waals surface area contributed by atoms with Crippen molar-refractivity contribution in [2.75, 3.05) is 17.7 Å². The summed E-state index contributed by atoms with van der Waals surface area (Å²) in [5.74, 6) is -0.973. The molecule has 0 saturated heterocycles. The zero-order chi connectivity index (χ0) is 14.0. The van der Waals surface area contributed by atoms with Crippen molar-refractivity contribution in [1.82, 2.24) is 4.98 Å². The second-order valence-electron chi connectivity index (χ2n) is 4.30. The molecule has 0 aliphatic carbocycles. The number of anilines is 2. The van der Waals surface area contributed by atoms with Gasteiger partial charge in [0, 0.05) is 11.9 Å². The molecule has 0 saturated carbocycles. The summed E-state index contributed by atoms with van der Waals surface area (Å²) in [7, 11) is 1.92. The Balaban J connectivity index is 2.22. The lowest BCUT2D eigenvalue weighted by atomic mass is 10.1. The Bertz CT molecular complexity index is 610. The topological polar surface area (TPSA) is 79.5 Å². The number of hydrogen-bond acceptors (Lipinski definition) is 5. The zero-order valence-electron chi connectivity index (χ0n) is 10.8. The van der Waals surface area contributed by atoms with Crippen molar-refractivity contribution in [2.45, 2.75) is 13.5 Å². The van der Waals surface area contributed by atoms with Gasteiger partial charge in [0.25, 0.3) is 0 Å². The van der Waals surface area contributed by atoms with E-state index in [0.29, 0.717) is 12.2 Å². The molecule has 2 rings (SSSR count). The Morgan fingerprint density at radius 3 is 2.79 bits per heavy atom. The van der Waals surface area contributed by atoms with Gasteiger partial charge in [-0.05, 0) is 25.1 Å². The second-order valence-corrected chi connectivity index (χ2v) is 5.24. The number of aromatic nitrogens is 1. The van der Waals surface area contributed by atoms with Crippen molar-refractivity contribution in [1.29, 1.82) is 0 Å². The van der Waals surface area contributed by atoms with Crippen molar-refractivity contribution in [3.63, 3.8) is 0 Å². The predicted octanol–water partition coefficient (Wildman–Crippen LogP) is 2.37. The number of rotatable bonds is 4. The van der Waals surface area contributed by atoms with Crippen LogP contribution in [0, 0.1) is 6.92 Å². The number of aromatic carboxylic acids is 1. The monoisotopic (exact) mass is 277 g/mol. The molecule has 1 heterocycles. The predicted molar refractivity (Wildman–Crippen MR) is 76.8 cm³/mol. The summed E-state index contributed by atoms with van der Waals surface area (Å²) in [5.41, 5.74) is 10.2. The van der Waals surface area contributed by atoms with E-state index in [4.69, 9.17) is 10.8 Å². The van der Waals surface area contributed by atoms with E-state index in [1.807, 2.05) is 24.4 Å². The molecule has 19 heavy (non-hydrogen) atoms. The third kappa shape index (κ3) is 2.85. The number of thiazole rings is 1. The standard InChI is InChI=1S/C13H15N3O2S/c1-8-12(19-7-15-8)6-16(2)11-4-3-9(13(17)18)5-10(11)14/h3-5,7H,6,14H2,1-2H3,(H,17,18). The molecular weight excluding hydrogens is 262 g/mol. The minimum Gasteiger partial charge on any atom is -0.478 e. The maximum atomic E-state index is 10.9. The Kier molecular flexibility index (Phi) is 3.71. The van der Waals surface area contributed by atoms with Crippen LogP contribution in [0.2, 0.25) is 0 Å². The molecule has 0 radical (unpaired) electrons. The average molecular weight is 277 g/mol. The van der Waals surface area contributed by atoms with Gasteiger partial charge in [-0.25, -0.2) is 9.78 Å². The quantitative estimate of drug-likeness (QED) is 0.839. The number of carboxylic acid groups (broad SMARTS) is 1. The molecule has 0 fully saturated rings. The summed E-state index contributed by atoms with van der Waals surface area (Å²) in [4.78, 5) is 18.2. The van der Waals surface area contributed by atoms with Gasteiger partial charge >= 0.3 is 5.97 Å². The normalized spacial score (nSPS) is 10.4. The minimum absolute atomic E-state index is 0.198. The van der Waals surface area contributed by atoms with Gasteiger partial charge < -0.3 is 15.7 Å². The summed E-state index contributed by atoms with van der Waals surface area (Å²) >= 11 is 1.60. The molecule has 3 N–H and O–H groups in total. The first-order valence-electron chi connectivity index (χ1n) is 5.72. The van der Waals surface area contributed by atoms with Crippen LogP contribution in [0.4, 0.5) is 11.4 Å². The van der Waals surface area contributed by atoms with Crippen molar-refractivity contribution in [3.8, 4) is 0 Å². The van der Waals surface area contributed by atoms with E-state index in [0.717, 1.165) is 11.4 Å². The maximum absolute atomic E-state index is 10.9. The molecule has 100 valence electrons. The summed E-state index contributed by atoms with van der Waals surface area (Å²) in [5, 5.41) is 8.91. The Morgan fingerprint density at radius 1 is 1.53 bits per heavy atom. The highest BCUT2D eigenvalue weighted by atomic mass is 32.1. The Morgan fingerprint density at radius 2 is 2.26 bits per heavy atom. The Hall–Kier alpha value is -2.08. The van der Waals surface area contributed by atoms with E-state index < -0.39 is 5.97 Å². The van der Waals surface area contributed by atoms with Gasteiger partial charge in [-0.1, -0.05) is 0 Å². The molecular formula is C13H15N3O2S. The van der Waals surface area contributed by atoms with Crippen molar-refractivity contribution >= 4 is 28.7 Å². The highest BCUT2D eigenvalue weighted by Crippen LogP contribution is 2.26. The van der Waals surface area contributed by atoms with Crippen LogP contribution in [-0.4, -0.2) is 23.1 Å². The van der Waals surface area contributed by atoms with Crippen LogP contribution in [0.5, 0.6) is 0 Å². The lowest BCUT2D eigenvalue weighted by molar-refractivity contribution is 0.0697. The van der Waals surface area contributed by atoms with Crippen LogP contribution in [0.1, 0.15) is 20.9 Å². The molecule has 0 unspecified atom stereocenters. The fourth-order valence-electron chi connectivity index (χ4n) is 1.81. The number of nitrogen functional groups attached to an aromatic ring is 1. The first-order valence-corrected chi connectivity index (χ1v) is 6.60. The van der Waals surface area contributed by atoms with Gasteiger partial charge in [-0.15, -0.1) is 11.3 Å². The number of benzene rings is 1. The molecule has 0 atom stereocenters. The van der Waals surface area contributed by atoms with Crippen LogP contribution in [-0.2, 0) is 6.54 Å². The van der Waals surface area contributed by atoms with E-state index >= 15 is 0 Å². The third-order valence-corrected chi connectivity index (χ3v) is 3.83. The fraction of sp³-hybridized carbons (Fsp3) is 0.231. The number of nitrogens with two attached hydrogens (primary N) is 1. The number of carboxylic acids is 1. The van der Waals surface area contributed by atoms with E-state index in [2.05, 4.69) is 4.98 Å². The smallest absolute Gasteiger partial charge is 0.335 e. The first kappa shape index (κ1) is 13.4. The van der Waals surface area contributed by atoms with Gasteiger partial charge in [0.1, 0.15) is 0 Å². The van der Waals surface area contributed by atoms with Crippen LogP contribution >= 0.6 is 11.3 Å². The van der Waals surface area contributed by atoms with Crippen LogP contribution in [0.15, 0.2) is 23.7 Å². The SMILES string of the molecule is Cc1ncsc1CN(C)c1ccc(C(=O)O)cc1N. The van der Waals surface area contributed by atoms with E-state index in [-0.39, 0.29) is 5.56 Å². The molecule has 6 heteroatoms. The van der Waals surface area contributed by atoms with Gasteiger partial charge in [0.2, 0.25) is 0 Å². The second kappa shape index (κ2) is 5.27. The minimum atomic E-state index is -0.973. The lowest BCUT2D eigenvalue weighted by Crippen LogP contribution is -2.18. The maximum Gasteiger partial charge on any atom is 0.335 e. The van der Waals surface area contributed by atoms with Gasteiger partial charge in [-0.3, -0.25) is 0 Å². The fourth-order valence-corrected chi connectivity index (χ4v) is 2.64. The van der Waals surface area contributed by atoms with Crippen molar-refractivity contribution < 1.29 is 9.90 Å². The molecule has 0 bridgehead atoms. The number of carbonyl (C=O) groups is 1.